The molecule has 3 fully saturated rings. The van der Waals surface area contributed by atoms with E-state index in [1.807, 2.05) is 0 Å². The van der Waals surface area contributed by atoms with Gasteiger partial charge < -0.3 is 24.6 Å². The largest absolute Gasteiger partial charge is 0.492 e. The number of piperidine rings is 1. The van der Waals surface area contributed by atoms with Crippen LogP contribution < -0.4 is 20.4 Å². The monoisotopic (exact) mass is 451 g/mol. The number of carbonyl (C=O) groups is 2. The highest BCUT2D eigenvalue weighted by molar-refractivity contribution is 6.04. The molecule has 2 atom stereocenters. The number of methoxy groups -OCH3 is 1. The first-order valence-corrected chi connectivity index (χ1v) is 10.2. The smallest absolute Gasteiger partial charge is 0.341 e. The average Bonchev–Trinajstić information content (AvgIpc) is 3.52. The summed E-state index contributed by atoms with van der Waals surface area (Å²) in [6, 6.07) is 1.01. The maximum absolute atomic E-state index is 15.3. The number of benzene rings is 1. The quantitative estimate of drug-likeness (QED) is 0.740. The van der Waals surface area contributed by atoms with Crippen LogP contribution in [0.1, 0.15) is 42.1 Å². The van der Waals surface area contributed by atoms with Gasteiger partial charge >= 0.3 is 5.97 Å². The van der Waals surface area contributed by atoms with Crippen LogP contribution in [0.4, 0.5) is 10.1 Å². The van der Waals surface area contributed by atoms with Crippen LogP contribution in [0.5, 0.6) is 5.75 Å². The third-order valence-corrected chi connectivity index (χ3v) is 6.39. The van der Waals surface area contributed by atoms with E-state index in [-0.39, 0.29) is 53.1 Å². The molecule has 5 rings (SSSR count). The molecule has 0 spiro atoms. The van der Waals surface area contributed by atoms with Gasteiger partial charge in [-0.25, -0.2) is 9.18 Å². The Morgan fingerprint density at radius 3 is 2.65 bits per heavy atom. The Morgan fingerprint density at radius 1 is 1.29 bits per heavy atom. The summed E-state index contributed by atoms with van der Waals surface area (Å²) in [5, 5.41) is 12.7. The van der Waals surface area contributed by atoms with Gasteiger partial charge in [0.05, 0.1) is 23.9 Å². The Bertz CT molecular complexity index is 1150. The molecule has 2 N–H and O–H groups in total. The van der Waals surface area contributed by atoms with Gasteiger partial charge in [0.15, 0.2) is 11.6 Å². The van der Waals surface area contributed by atoms with E-state index in [0.717, 1.165) is 38.3 Å². The molecule has 1 aromatic heterocycles. The van der Waals surface area contributed by atoms with Gasteiger partial charge in [-0.2, -0.15) is 0 Å². The molecule has 8 nitrogen and oxygen atoms in total. The molecule has 3 aliphatic rings. The number of amides is 1. The summed E-state index contributed by atoms with van der Waals surface area (Å²) in [4.78, 5) is 38.8. The van der Waals surface area contributed by atoms with Gasteiger partial charge in [-0.15, -0.1) is 12.4 Å². The van der Waals surface area contributed by atoms with Crippen LogP contribution >= 0.6 is 12.4 Å². The summed E-state index contributed by atoms with van der Waals surface area (Å²) in [5.74, 6) is -2.40. The van der Waals surface area contributed by atoms with Crippen molar-refractivity contribution in [3.63, 3.8) is 0 Å². The number of hydrogen-bond donors (Lipinski definition) is 2. The zero-order valence-corrected chi connectivity index (χ0v) is 17.7. The van der Waals surface area contributed by atoms with Crippen molar-refractivity contribution in [1.29, 1.82) is 0 Å². The van der Waals surface area contributed by atoms with Gasteiger partial charge in [-0.1, -0.05) is 0 Å². The van der Waals surface area contributed by atoms with Gasteiger partial charge in [0.2, 0.25) is 11.3 Å². The predicted octanol–water partition coefficient (Wildman–Crippen LogP) is 2.32. The van der Waals surface area contributed by atoms with Crippen LogP contribution in [0.25, 0.3) is 10.9 Å². The number of halogens is 2. The van der Waals surface area contributed by atoms with Gasteiger partial charge in [-0.05, 0) is 38.3 Å². The molecule has 0 unspecified atom stereocenters. The van der Waals surface area contributed by atoms with E-state index >= 15 is 4.39 Å². The second kappa shape index (κ2) is 7.80. The number of aromatic nitrogens is 1. The maximum atomic E-state index is 15.3. The summed E-state index contributed by atoms with van der Waals surface area (Å²) in [6.07, 6.45) is 4.59. The van der Waals surface area contributed by atoms with Crippen molar-refractivity contribution in [2.45, 2.75) is 37.8 Å². The summed E-state index contributed by atoms with van der Waals surface area (Å²) < 4.78 is 22.6. The molecule has 1 saturated carbocycles. The van der Waals surface area contributed by atoms with Crippen LogP contribution in [-0.4, -0.2) is 47.8 Å². The number of carboxylic acids is 1. The van der Waals surface area contributed by atoms with E-state index in [0.29, 0.717) is 12.1 Å². The number of nitrogens with zero attached hydrogens (tertiary/aromatic N) is 2. The number of nitrogens with one attached hydrogen (secondary N) is 1. The Labute approximate surface area is 183 Å². The average molecular weight is 452 g/mol. The topological polar surface area (TPSA) is 101 Å². The lowest BCUT2D eigenvalue weighted by molar-refractivity contribution is -0.121. The molecule has 1 aliphatic carbocycles. The lowest BCUT2D eigenvalue weighted by Gasteiger charge is -2.23. The third kappa shape index (κ3) is 3.27. The molecule has 2 aromatic rings. The van der Waals surface area contributed by atoms with Crippen molar-refractivity contribution in [2.75, 3.05) is 25.1 Å². The molecule has 1 amide bonds. The normalized spacial score (nSPS) is 22.9. The van der Waals surface area contributed by atoms with Gasteiger partial charge in [0.25, 0.3) is 0 Å². The van der Waals surface area contributed by atoms with E-state index in [9.17, 15) is 19.5 Å². The van der Waals surface area contributed by atoms with Crippen molar-refractivity contribution < 1.29 is 23.8 Å². The fourth-order valence-corrected chi connectivity index (χ4v) is 4.81. The molecular formula is C21H23ClFN3O5. The second-order valence-corrected chi connectivity index (χ2v) is 8.21. The van der Waals surface area contributed by atoms with Crippen LogP contribution in [0.3, 0.4) is 0 Å². The van der Waals surface area contributed by atoms with Crippen LogP contribution in [0.2, 0.25) is 0 Å². The number of rotatable bonds is 4. The van der Waals surface area contributed by atoms with Crippen molar-refractivity contribution in [3.05, 3.63) is 33.9 Å². The molecular weight excluding hydrogens is 429 g/mol. The maximum Gasteiger partial charge on any atom is 0.341 e. The Morgan fingerprint density at radius 2 is 2.03 bits per heavy atom. The molecule has 2 saturated heterocycles. The second-order valence-electron chi connectivity index (χ2n) is 8.21. The number of aromatic carboxylic acids is 1. The highest BCUT2D eigenvalue weighted by atomic mass is 35.5. The van der Waals surface area contributed by atoms with Gasteiger partial charge in [0.1, 0.15) is 11.3 Å². The van der Waals surface area contributed by atoms with E-state index in [1.54, 1.807) is 4.57 Å². The van der Waals surface area contributed by atoms with Crippen molar-refractivity contribution in [2.24, 2.45) is 5.92 Å². The number of hydrogen-bond acceptors (Lipinski definition) is 5. The van der Waals surface area contributed by atoms with E-state index in [1.165, 1.54) is 18.2 Å². The number of carboxylic acid groups (broad SMARTS) is 1. The zero-order chi connectivity index (χ0) is 21.2. The molecule has 3 heterocycles. The summed E-state index contributed by atoms with van der Waals surface area (Å²) in [6.45, 7) is 1.14. The number of fused-ring (bicyclic) bond motifs is 2. The first-order chi connectivity index (χ1) is 14.4. The molecule has 0 radical (unpaired) electrons. The Hall–Kier alpha value is -2.65. The number of pyridine rings is 1. The lowest BCUT2D eigenvalue weighted by atomic mass is 9.94. The summed E-state index contributed by atoms with van der Waals surface area (Å²) in [5.41, 5.74) is -0.817. The summed E-state index contributed by atoms with van der Waals surface area (Å²) in [7, 11) is 1.37. The Balaban J connectivity index is 0.00000231. The first-order valence-electron chi connectivity index (χ1n) is 10.2. The fourth-order valence-electron chi connectivity index (χ4n) is 4.81. The number of anilines is 1. The van der Waals surface area contributed by atoms with Gasteiger partial charge in [-0.3, -0.25) is 9.59 Å². The van der Waals surface area contributed by atoms with E-state index in [4.69, 9.17) is 4.74 Å². The SMILES string of the molecule is COc1c(N2C[C@H]3NCCC[C@H]3C2=O)c(F)cc2c(=O)c(C(=O)O)cn(C3CC3)c12.Cl. The van der Waals surface area contributed by atoms with Crippen molar-refractivity contribution in [1.82, 2.24) is 9.88 Å². The summed E-state index contributed by atoms with van der Waals surface area (Å²) >= 11 is 0. The molecule has 31 heavy (non-hydrogen) atoms. The minimum atomic E-state index is -1.36. The third-order valence-electron chi connectivity index (χ3n) is 6.39. The molecule has 10 heteroatoms. The first kappa shape index (κ1) is 21.6. The van der Waals surface area contributed by atoms with E-state index < -0.39 is 22.8 Å². The standard InChI is InChI=1S/C21H22FN3O5.ClH/c1-30-19-16-12(18(26)13(21(28)29)8-24(16)10-4-5-10)7-14(22)17(19)25-9-15-11(20(25)27)3-2-6-23-15;/h7-8,10-11,15,23H,2-6,9H2,1H3,(H,28,29);1H/t11-,15-;/m1./s1. The Kier molecular flexibility index (Phi) is 5.43. The van der Waals surface area contributed by atoms with Gasteiger partial charge in [0, 0.05) is 24.8 Å². The van der Waals surface area contributed by atoms with Crippen LogP contribution in [-0.2, 0) is 4.79 Å². The minimum absolute atomic E-state index is 0. The van der Waals surface area contributed by atoms with E-state index in [2.05, 4.69) is 5.32 Å². The van der Waals surface area contributed by atoms with Crippen molar-refractivity contribution in [3.8, 4) is 5.75 Å². The predicted molar refractivity (Wildman–Crippen MR) is 114 cm³/mol. The molecule has 1 aromatic carbocycles. The highest BCUT2D eigenvalue weighted by Crippen LogP contribution is 2.45. The van der Waals surface area contributed by atoms with Crippen LogP contribution in [0, 0.1) is 11.7 Å². The fraction of sp³-hybridized carbons (Fsp3) is 0.476. The number of ether oxygens (including phenoxy) is 1. The molecule has 2 aliphatic heterocycles. The van der Waals surface area contributed by atoms with Crippen molar-refractivity contribution >= 4 is 40.9 Å². The lowest BCUT2D eigenvalue weighted by Crippen LogP contribution is -2.41. The van der Waals surface area contributed by atoms with Crippen LogP contribution in [0.15, 0.2) is 17.1 Å². The highest BCUT2D eigenvalue weighted by Gasteiger charge is 2.44. The molecule has 0 bridgehead atoms. The zero-order valence-electron chi connectivity index (χ0n) is 16.9. The molecule has 166 valence electrons. The minimum Gasteiger partial charge on any atom is -0.492 e. The number of carbonyl (C=O) groups excluding carboxylic acids is 1.